The lowest BCUT2D eigenvalue weighted by Crippen LogP contribution is -1.85. The molecule has 0 saturated heterocycles. The van der Waals surface area contributed by atoms with Gasteiger partial charge in [-0.1, -0.05) is 6.07 Å². The van der Waals surface area contributed by atoms with Crippen molar-refractivity contribution in [2.45, 2.75) is 4.90 Å². The van der Waals surface area contributed by atoms with E-state index < -0.39 is 7.50 Å². The largest absolute Gasteiger partial charge is 0.447 e. The molecule has 0 aliphatic carbocycles. The maximum Gasteiger partial charge on any atom is 0.227 e. The lowest BCUT2D eigenvalue weighted by molar-refractivity contribution is 0.618. The minimum Gasteiger partial charge on any atom is -0.447 e. The van der Waals surface area contributed by atoms with Crippen molar-refractivity contribution in [1.82, 2.24) is 0 Å². The summed E-state index contributed by atoms with van der Waals surface area (Å²) in [5.74, 6) is 0.940. The topological polar surface area (TPSA) is 35.2 Å². The molecule has 0 spiro atoms. The zero-order valence-corrected chi connectivity index (χ0v) is 9.32. The van der Waals surface area contributed by atoms with Crippen LogP contribution in [0.3, 0.4) is 0 Å². The number of rotatable bonds is 0. The van der Waals surface area contributed by atoms with Crippen molar-refractivity contribution < 1.29 is 4.52 Å². The van der Waals surface area contributed by atoms with E-state index in [1.165, 1.54) is 8.47 Å². The molecular weight excluding hydrogens is 292 g/mol. The van der Waals surface area contributed by atoms with Gasteiger partial charge in [-0.25, -0.2) is 0 Å². The fourth-order valence-corrected chi connectivity index (χ4v) is 4.62. The summed E-state index contributed by atoms with van der Waals surface area (Å²) in [7, 11) is -0.796. The van der Waals surface area contributed by atoms with Crippen molar-refractivity contribution in [3.05, 3.63) is 21.8 Å². The highest BCUT2D eigenvalue weighted by Crippen LogP contribution is 2.59. The van der Waals surface area contributed by atoms with Crippen LogP contribution in [0.1, 0.15) is 0 Å². The molecule has 1 aromatic carbocycles. The van der Waals surface area contributed by atoms with Gasteiger partial charge in [-0.05, 0) is 46.1 Å². The van der Waals surface area contributed by atoms with Gasteiger partial charge in [-0.2, -0.15) is 0 Å². The van der Waals surface area contributed by atoms with Crippen molar-refractivity contribution in [2.24, 2.45) is 5.50 Å². The van der Waals surface area contributed by atoms with Crippen LogP contribution in [-0.2, 0) is 0 Å². The Morgan fingerprint density at radius 2 is 2.36 bits per heavy atom. The van der Waals surface area contributed by atoms with E-state index in [0.717, 1.165) is 5.75 Å². The molecule has 2 rings (SSSR count). The normalized spacial score (nSPS) is 21.1. The highest BCUT2D eigenvalue weighted by Gasteiger charge is 2.22. The molecule has 5 heteroatoms. The molecule has 1 heterocycles. The molecule has 0 fully saturated rings. The number of halogens is 1. The van der Waals surface area contributed by atoms with Crippen LogP contribution in [-0.4, -0.2) is 0 Å². The molecule has 0 bridgehead atoms. The van der Waals surface area contributed by atoms with Crippen LogP contribution >= 0.6 is 41.5 Å². The zero-order valence-electron chi connectivity index (χ0n) is 5.45. The number of nitrogens with two attached hydrogens (primary N) is 1. The smallest absolute Gasteiger partial charge is 0.227 e. The third-order valence-electron chi connectivity index (χ3n) is 1.30. The van der Waals surface area contributed by atoms with Gasteiger partial charge in [-0.3, -0.25) is 5.50 Å². The Morgan fingerprint density at radius 3 is 3.09 bits per heavy atom. The van der Waals surface area contributed by atoms with E-state index in [4.69, 9.17) is 10.0 Å². The van der Waals surface area contributed by atoms with Crippen molar-refractivity contribution >= 4 is 41.5 Å². The van der Waals surface area contributed by atoms with E-state index in [1.54, 1.807) is 11.4 Å². The van der Waals surface area contributed by atoms with Crippen LogP contribution in [0.4, 0.5) is 0 Å². The Hall–Kier alpha value is 0.490. The predicted octanol–water partition coefficient (Wildman–Crippen LogP) is 2.96. The number of benzene rings is 1. The maximum absolute atomic E-state index is 5.66. The third kappa shape index (κ3) is 1.49. The second-order valence-corrected chi connectivity index (χ2v) is 6.17. The average molecular weight is 297 g/mol. The van der Waals surface area contributed by atoms with Crippen LogP contribution < -0.4 is 10.0 Å². The van der Waals surface area contributed by atoms with Gasteiger partial charge in [0.2, 0.25) is 7.50 Å². The molecule has 2 N–H and O–H groups in total. The molecule has 58 valence electrons. The monoisotopic (exact) mass is 297 g/mol. The lowest BCUT2D eigenvalue weighted by Gasteiger charge is -1.97. The Kier molecular flexibility index (Phi) is 2.28. The van der Waals surface area contributed by atoms with Crippen molar-refractivity contribution in [3.63, 3.8) is 0 Å². The Labute approximate surface area is 83.7 Å². The zero-order chi connectivity index (χ0) is 7.84. The van der Waals surface area contributed by atoms with E-state index >= 15 is 0 Å². The van der Waals surface area contributed by atoms with Crippen molar-refractivity contribution in [1.29, 1.82) is 0 Å². The van der Waals surface area contributed by atoms with Gasteiger partial charge in [0.05, 0.1) is 4.90 Å². The minimum absolute atomic E-state index is 0.796. The molecule has 1 atom stereocenters. The molecule has 1 unspecified atom stereocenters. The van der Waals surface area contributed by atoms with Gasteiger partial charge in [0.25, 0.3) is 0 Å². The quantitative estimate of drug-likeness (QED) is 0.590. The Morgan fingerprint density at radius 1 is 1.55 bits per heavy atom. The summed E-state index contributed by atoms with van der Waals surface area (Å²) in [6.07, 6.45) is 0. The third-order valence-corrected chi connectivity index (χ3v) is 5.04. The Bertz CT molecular complexity index is 296. The lowest BCUT2D eigenvalue weighted by atomic mass is 10.3. The Balaban J connectivity index is 2.49. The molecule has 1 aliphatic heterocycles. The molecule has 1 aromatic rings. The van der Waals surface area contributed by atoms with Gasteiger partial charge < -0.3 is 4.52 Å². The number of hydrogen-bond acceptors (Lipinski definition) is 3. The summed E-state index contributed by atoms with van der Waals surface area (Å²) >= 11 is 3.92. The van der Waals surface area contributed by atoms with Gasteiger partial charge in [0.1, 0.15) is 5.75 Å². The number of hydrogen-bond donors (Lipinski definition) is 1. The molecule has 11 heavy (non-hydrogen) atoms. The first kappa shape index (κ1) is 8.10. The van der Waals surface area contributed by atoms with E-state index in [9.17, 15) is 0 Å². The summed E-state index contributed by atoms with van der Waals surface area (Å²) in [5, 5.41) is 0. The van der Waals surface area contributed by atoms with Crippen LogP contribution in [0.2, 0.25) is 0 Å². The summed E-state index contributed by atoms with van der Waals surface area (Å²) in [5.41, 5.74) is 5.66. The summed E-state index contributed by atoms with van der Waals surface area (Å²) in [6, 6.07) is 6.00. The molecule has 0 aromatic heterocycles. The van der Waals surface area contributed by atoms with Crippen molar-refractivity contribution in [2.75, 3.05) is 0 Å². The maximum atomic E-state index is 5.66. The van der Waals surface area contributed by atoms with E-state index in [1.807, 2.05) is 12.1 Å². The minimum atomic E-state index is -0.796. The first-order valence-corrected chi connectivity index (χ1v) is 6.79. The highest BCUT2D eigenvalue weighted by atomic mass is 127. The molecule has 2 nitrogen and oxygen atoms in total. The first-order valence-electron chi connectivity index (χ1n) is 2.96. The fourth-order valence-electron chi connectivity index (χ4n) is 0.855. The van der Waals surface area contributed by atoms with Crippen LogP contribution in [0.25, 0.3) is 0 Å². The molecule has 0 amide bonds. The van der Waals surface area contributed by atoms with Crippen LogP contribution in [0, 0.1) is 3.57 Å². The number of fused-ring (bicyclic) bond motifs is 1. The van der Waals surface area contributed by atoms with Crippen molar-refractivity contribution in [3.8, 4) is 5.75 Å². The van der Waals surface area contributed by atoms with Gasteiger partial charge in [-0.15, -0.1) is 0 Å². The molecular formula is C6H5INOPS. The average Bonchev–Trinajstić information content (AvgIpc) is 2.31. The predicted molar refractivity (Wildman–Crippen MR) is 56.8 cm³/mol. The summed E-state index contributed by atoms with van der Waals surface area (Å²) < 4.78 is 6.61. The second kappa shape index (κ2) is 3.09. The van der Waals surface area contributed by atoms with Gasteiger partial charge in [0.15, 0.2) is 0 Å². The molecule has 1 aliphatic rings. The summed E-state index contributed by atoms with van der Waals surface area (Å²) in [6.45, 7) is 0. The highest BCUT2D eigenvalue weighted by molar-refractivity contribution is 14.1. The molecule has 0 saturated carbocycles. The SMILES string of the molecule is NP1Oc2cccc(I)c2S1. The summed E-state index contributed by atoms with van der Waals surface area (Å²) in [4.78, 5) is 1.20. The standard InChI is InChI=1S/C6H5INOPS/c7-4-2-1-3-5-6(4)11-10(8)9-5/h1-3H,8H2. The van der Waals surface area contributed by atoms with Gasteiger partial charge >= 0.3 is 0 Å². The first-order chi connectivity index (χ1) is 5.27. The fraction of sp³-hybridized carbons (Fsp3) is 0. The van der Waals surface area contributed by atoms with E-state index in [2.05, 4.69) is 28.7 Å². The second-order valence-electron chi connectivity index (χ2n) is 2.04. The van der Waals surface area contributed by atoms with E-state index in [-0.39, 0.29) is 0 Å². The molecule has 0 radical (unpaired) electrons. The van der Waals surface area contributed by atoms with E-state index in [0.29, 0.717) is 0 Å². The van der Waals surface area contributed by atoms with Crippen LogP contribution in [0.5, 0.6) is 5.75 Å². The van der Waals surface area contributed by atoms with Gasteiger partial charge in [0, 0.05) is 3.57 Å². The van der Waals surface area contributed by atoms with Crippen LogP contribution in [0.15, 0.2) is 23.1 Å².